The van der Waals surface area contributed by atoms with Crippen LogP contribution in [0.25, 0.3) is 0 Å². The fraction of sp³-hybridized carbons (Fsp3) is 0.133. The molecule has 0 amide bonds. The Morgan fingerprint density at radius 3 is 1.25 bits per heavy atom. The van der Waals surface area contributed by atoms with Crippen molar-refractivity contribution in [3.63, 3.8) is 0 Å². The summed E-state index contributed by atoms with van der Waals surface area (Å²) in [5, 5.41) is 0. The van der Waals surface area contributed by atoms with E-state index in [1.165, 1.54) is 0 Å². The van der Waals surface area contributed by atoms with Gasteiger partial charge in [-0.3, -0.25) is 0 Å². The molecule has 0 N–H and O–H groups in total. The standard InChI is InChI=1S/C10H10.C5H5.Co/c1-2-6-9(5-1)10-7-3-4-8-10;1-2-4-5-3-1;/h1-10H;1-5H;/q;-1;+2. The van der Waals surface area contributed by atoms with E-state index in [0.29, 0.717) is 11.8 Å². The van der Waals surface area contributed by atoms with Gasteiger partial charge in [0.05, 0.1) is 0 Å². The van der Waals surface area contributed by atoms with Gasteiger partial charge < -0.3 is 0 Å². The van der Waals surface area contributed by atoms with Crippen LogP contribution in [0, 0.1) is 11.8 Å². The Morgan fingerprint density at radius 2 is 1.00 bits per heavy atom. The van der Waals surface area contributed by atoms with Crippen LogP contribution in [0.5, 0.6) is 0 Å². The second-order valence-electron chi connectivity index (χ2n) is 3.66. The van der Waals surface area contributed by atoms with Crippen LogP contribution in [-0.4, -0.2) is 0 Å². The molecule has 2 aliphatic rings. The van der Waals surface area contributed by atoms with E-state index < -0.39 is 0 Å². The van der Waals surface area contributed by atoms with Gasteiger partial charge in [0.2, 0.25) is 0 Å². The van der Waals surface area contributed by atoms with Gasteiger partial charge in [-0.25, -0.2) is 12.1 Å². The van der Waals surface area contributed by atoms with Crippen molar-refractivity contribution in [1.82, 2.24) is 0 Å². The SMILES string of the molecule is C1=CC(C2C=CC=C2)C=C1.[Co+2].c1cc[cH-]c1. The van der Waals surface area contributed by atoms with Crippen molar-refractivity contribution in [1.29, 1.82) is 0 Å². The summed E-state index contributed by atoms with van der Waals surface area (Å²) in [4.78, 5) is 0. The van der Waals surface area contributed by atoms with Crippen LogP contribution in [0.3, 0.4) is 0 Å². The Balaban J connectivity index is 0.000000183. The average Bonchev–Trinajstić information content (AvgIpc) is 3.06. The molecule has 16 heavy (non-hydrogen) atoms. The summed E-state index contributed by atoms with van der Waals surface area (Å²) in [6, 6.07) is 10.0. The molecule has 0 aromatic heterocycles. The summed E-state index contributed by atoms with van der Waals surface area (Å²) in [5.41, 5.74) is 0. The normalized spacial score (nSPS) is 17.2. The number of rotatable bonds is 1. The van der Waals surface area contributed by atoms with Crippen molar-refractivity contribution in [3.05, 3.63) is 78.9 Å². The van der Waals surface area contributed by atoms with Crippen LogP contribution in [-0.2, 0) is 16.8 Å². The number of allylic oxidation sites excluding steroid dienone is 8. The number of hydrogen-bond acceptors (Lipinski definition) is 0. The molecule has 1 heteroatoms. The summed E-state index contributed by atoms with van der Waals surface area (Å²) in [7, 11) is 0. The molecule has 0 unspecified atom stereocenters. The molecule has 1 radical (unpaired) electrons. The maximum atomic E-state index is 2.24. The van der Waals surface area contributed by atoms with Crippen molar-refractivity contribution in [2.75, 3.05) is 0 Å². The third kappa shape index (κ3) is 3.76. The molecule has 1 aromatic rings. The van der Waals surface area contributed by atoms with Gasteiger partial charge in [0.25, 0.3) is 0 Å². The molecule has 0 spiro atoms. The fourth-order valence-electron chi connectivity index (χ4n) is 1.73. The van der Waals surface area contributed by atoms with E-state index in [1.807, 2.05) is 30.3 Å². The van der Waals surface area contributed by atoms with Crippen LogP contribution in [0.2, 0.25) is 0 Å². The van der Waals surface area contributed by atoms with E-state index in [2.05, 4.69) is 48.6 Å². The Morgan fingerprint density at radius 1 is 0.625 bits per heavy atom. The summed E-state index contributed by atoms with van der Waals surface area (Å²) >= 11 is 0. The van der Waals surface area contributed by atoms with Crippen molar-refractivity contribution in [2.45, 2.75) is 0 Å². The first kappa shape index (κ1) is 12.9. The molecule has 0 nitrogen and oxygen atoms in total. The molecule has 0 atom stereocenters. The van der Waals surface area contributed by atoms with Crippen LogP contribution in [0.4, 0.5) is 0 Å². The minimum absolute atomic E-state index is 0. The topological polar surface area (TPSA) is 0 Å². The zero-order valence-corrected chi connectivity index (χ0v) is 10.0. The van der Waals surface area contributed by atoms with Crippen LogP contribution in [0.15, 0.2) is 78.9 Å². The van der Waals surface area contributed by atoms with E-state index in [0.717, 1.165) is 0 Å². The summed E-state index contributed by atoms with van der Waals surface area (Å²) in [5.74, 6) is 1.24. The van der Waals surface area contributed by atoms with Crippen molar-refractivity contribution in [3.8, 4) is 0 Å². The van der Waals surface area contributed by atoms with Gasteiger partial charge in [-0.15, -0.1) is 0 Å². The molecular formula is C15H15Co+. The first-order chi connectivity index (χ1) is 7.47. The predicted octanol–water partition coefficient (Wildman–Crippen LogP) is 3.87. The first-order valence-electron chi connectivity index (χ1n) is 5.33. The summed E-state index contributed by atoms with van der Waals surface area (Å²) < 4.78 is 0. The molecule has 3 rings (SSSR count). The van der Waals surface area contributed by atoms with E-state index in [-0.39, 0.29) is 16.8 Å². The van der Waals surface area contributed by atoms with Gasteiger partial charge in [0, 0.05) is 11.8 Å². The van der Waals surface area contributed by atoms with Crippen LogP contribution >= 0.6 is 0 Å². The largest absolute Gasteiger partial charge is 2.00 e. The minimum atomic E-state index is 0. The van der Waals surface area contributed by atoms with E-state index in [4.69, 9.17) is 0 Å². The molecule has 0 bridgehead atoms. The van der Waals surface area contributed by atoms with E-state index in [1.54, 1.807) is 0 Å². The fourth-order valence-corrected chi connectivity index (χ4v) is 1.73. The third-order valence-corrected chi connectivity index (χ3v) is 2.56. The minimum Gasteiger partial charge on any atom is -0.214 e. The summed E-state index contributed by atoms with van der Waals surface area (Å²) in [6.45, 7) is 0. The predicted molar refractivity (Wildman–Crippen MR) is 65.6 cm³/mol. The zero-order valence-electron chi connectivity index (χ0n) is 8.99. The van der Waals surface area contributed by atoms with Gasteiger partial charge in [-0.05, 0) is 0 Å². The Kier molecular flexibility index (Phi) is 5.76. The van der Waals surface area contributed by atoms with Gasteiger partial charge in [-0.2, -0.15) is 18.2 Å². The molecule has 0 heterocycles. The monoisotopic (exact) mass is 254 g/mol. The maximum Gasteiger partial charge on any atom is 2.00 e. The Hall–Kier alpha value is -1.18. The molecule has 0 saturated heterocycles. The quantitative estimate of drug-likeness (QED) is 0.667. The second kappa shape index (κ2) is 7.15. The van der Waals surface area contributed by atoms with Gasteiger partial charge >= 0.3 is 16.8 Å². The maximum absolute atomic E-state index is 2.24. The van der Waals surface area contributed by atoms with Crippen molar-refractivity contribution >= 4 is 0 Å². The second-order valence-corrected chi connectivity index (χ2v) is 3.66. The average molecular weight is 254 g/mol. The third-order valence-electron chi connectivity index (χ3n) is 2.56. The van der Waals surface area contributed by atoms with Crippen molar-refractivity contribution in [2.24, 2.45) is 11.8 Å². The van der Waals surface area contributed by atoms with Gasteiger partial charge in [-0.1, -0.05) is 48.6 Å². The van der Waals surface area contributed by atoms with Crippen molar-refractivity contribution < 1.29 is 16.8 Å². The van der Waals surface area contributed by atoms with E-state index in [9.17, 15) is 0 Å². The van der Waals surface area contributed by atoms with Crippen LogP contribution < -0.4 is 0 Å². The Labute approximate surface area is 108 Å². The van der Waals surface area contributed by atoms with E-state index >= 15 is 0 Å². The summed E-state index contributed by atoms with van der Waals surface area (Å²) in [6.07, 6.45) is 17.4. The first-order valence-corrected chi connectivity index (χ1v) is 5.33. The van der Waals surface area contributed by atoms with Crippen LogP contribution in [0.1, 0.15) is 0 Å². The zero-order chi connectivity index (χ0) is 10.3. The molecule has 83 valence electrons. The molecule has 1 aromatic carbocycles. The molecular weight excluding hydrogens is 239 g/mol. The smallest absolute Gasteiger partial charge is 0.214 e. The van der Waals surface area contributed by atoms with Gasteiger partial charge in [0.1, 0.15) is 0 Å². The molecule has 2 aliphatic carbocycles. The molecule has 0 saturated carbocycles. The molecule has 0 aliphatic heterocycles. The number of hydrogen-bond donors (Lipinski definition) is 0. The Bertz CT molecular complexity index is 312. The van der Waals surface area contributed by atoms with Gasteiger partial charge in [0.15, 0.2) is 0 Å². The molecule has 0 fully saturated rings.